The van der Waals surface area contributed by atoms with E-state index in [1.54, 1.807) is 0 Å². The SMILES string of the molecule is CC(=Cc1cc(F)c(Oc2ccc(S(=O)(=O)NCCCCNS(=O)(=O)c3ccc(Oc4c(F)cc(C=C(C)C(=O)O)cc4F)cc3)cc2)c(F)c1)C(=O)O. The molecule has 0 radical (unpaired) electrons. The number of carboxylic acids is 2. The van der Waals surface area contributed by atoms with Gasteiger partial charge >= 0.3 is 11.9 Å². The molecule has 0 saturated carbocycles. The molecule has 18 heteroatoms. The van der Waals surface area contributed by atoms with Gasteiger partial charge in [-0.3, -0.25) is 0 Å². The lowest BCUT2D eigenvalue weighted by atomic mass is 10.1. The molecule has 0 aromatic heterocycles. The van der Waals surface area contributed by atoms with Crippen LogP contribution in [0.15, 0.2) is 93.7 Å². The summed E-state index contributed by atoms with van der Waals surface area (Å²) in [4.78, 5) is 21.6. The van der Waals surface area contributed by atoms with E-state index in [0.717, 1.165) is 60.7 Å². The first-order chi connectivity index (χ1) is 25.4. The lowest BCUT2D eigenvalue weighted by Gasteiger charge is -2.11. The van der Waals surface area contributed by atoms with Crippen molar-refractivity contribution in [1.29, 1.82) is 0 Å². The zero-order chi connectivity index (χ0) is 39.8. The lowest BCUT2D eigenvalue weighted by molar-refractivity contribution is -0.133. The molecule has 0 heterocycles. The van der Waals surface area contributed by atoms with Gasteiger partial charge < -0.3 is 19.7 Å². The van der Waals surface area contributed by atoms with E-state index in [0.29, 0.717) is 0 Å². The normalized spacial score (nSPS) is 12.4. The average molecular weight is 793 g/mol. The van der Waals surface area contributed by atoms with Gasteiger partial charge in [0.25, 0.3) is 0 Å². The second-order valence-electron chi connectivity index (χ2n) is 11.5. The highest BCUT2D eigenvalue weighted by molar-refractivity contribution is 7.89. The van der Waals surface area contributed by atoms with E-state index >= 15 is 0 Å². The molecule has 0 bridgehead atoms. The van der Waals surface area contributed by atoms with Crippen molar-refractivity contribution in [2.45, 2.75) is 36.5 Å². The van der Waals surface area contributed by atoms with Crippen molar-refractivity contribution in [2.75, 3.05) is 13.1 Å². The van der Waals surface area contributed by atoms with E-state index in [4.69, 9.17) is 19.7 Å². The summed E-state index contributed by atoms with van der Waals surface area (Å²) >= 11 is 0. The summed E-state index contributed by atoms with van der Waals surface area (Å²) in [6.45, 7) is 2.40. The molecule has 0 spiro atoms. The lowest BCUT2D eigenvalue weighted by Crippen LogP contribution is -2.27. The Morgan fingerprint density at radius 2 is 0.889 bits per heavy atom. The summed E-state index contributed by atoms with van der Waals surface area (Å²) in [7, 11) is -8.04. The Bertz CT molecular complexity index is 2120. The molecule has 4 rings (SSSR count). The fourth-order valence-electron chi connectivity index (χ4n) is 4.58. The van der Waals surface area contributed by atoms with Gasteiger partial charge in [0, 0.05) is 24.2 Å². The summed E-state index contributed by atoms with van der Waals surface area (Å²) in [6, 6.07) is 12.9. The number of carboxylic acid groups (broad SMARTS) is 2. The minimum Gasteiger partial charge on any atom is -0.478 e. The van der Waals surface area contributed by atoms with Crippen molar-refractivity contribution in [2.24, 2.45) is 0 Å². The number of carbonyl (C=O) groups is 2. The third-order valence-electron chi connectivity index (χ3n) is 7.38. The summed E-state index contributed by atoms with van der Waals surface area (Å²) in [6.07, 6.45) is 2.62. The maximum absolute atomic E-state index is 14.5. The van der Waals surface area contributed by atoms with Gasteiger partial charge in [0.1, 0.15) is 11.5 Å². The molecule has 0 saturated heterocycles. The Morgan fingerprint density at radius 3 is 1.17 bits per heavy atom. The predicted octanol–water partition coefficient (Wildman–Crippen LogP) is 6.84. The number of benzene rings is 4. The molecule has 0 amide bonds. The maximum Gasteiger partial charge on any atom is 0.331 e. The van der Waals surface area contributed by atoms with Crippen LogP contribution in [0.2, 0.25) is 0 Å². The summed E-state index contributed by atoms with van der Waals surface area (Å²) in [5.41, 5.74) is -0.358. The Morgan fingerprint density at radius 1 is 0.593 bits per heavy atom. The van der Waals surface area contributed by atoms with Gasteiger partial charge in [-0.25, -0.2) is 53.4 Å². The van der Waals surface area contributed by atoms with Crippen LogP contribution in [0.1, 0.15) is 37.8 Å². The second-order valence-corrected chi connectivity index (χ2v) is 15.1. The van der Waals surface area contributed by atoms with Crippen molar-refractivity contribution >= 4 is 44.1 Å². The van der Waals surface area contributed by atoms with Crippen LogP contribution in [0.25, 0.3) is 12.2 Å². The Labute approximate surface area is 307 Å². The van der Waals surface area contributed by atoms with E-state index in [-0.39, 0.29) is 69.5 Å². The van der Waals surface area contributed by atoms with Gasteiger partial charge in [-0.05, 0) is 123 Å². The Kier molecular flexibility index (Phi) is 13.4. The van der Waals surface area contributed by atoms with Crippen LogP contribution in [0.3, 0.4) is 0 Å². The number of unbranched alkanes of at least 4 members (excludes halogenated alkanes) is 1. The predicted molar refractivity (Wildman–Crippen MR) is 188 cm³/mol. The van der Waals surface area contributed by atoms with Gasteiger partial charge in [-0.1, -0.05) is 0 Å². The minimum absolute atomic E-state index is 0.0375. The molecule has 4 aromatic carbocycles. The van der Waals surface area contributed by atoms with Crippen LogP contribution in [0, 0.1) is 23.3 Å². The molecule has 4 N–H and O–H groups in total. The summed E-state index contributed by atoms with van der Waals surface area (Å²) in [5, 5.41) is 17.9. The highest BCUT2D eigenvalue weighted by Gasteiger charge is 2.19. The van der Waals surface area contributed by atoms with Gasteiger partial charge in [-0.2, -0.15) is 0 Å². The molecule has 0 aliphatic carbocycles. The number of ether oxygens (including phenoxy) is 2. The molecular weight excluding hydrogens is 761 g/mol. The van der Waals surface area contributed by atoms with E-state index in [1.165, 1.54) is 38.1 Å². The molecule has 0 atom stereocenters. The van der Waals surface area contributed by atoms with Crippen LogP contribution in [-0.4, -0.2) is 52.1 Å². The number of rotatable bonds is 17. The highest BCUT2D eigenvalue weighted by atomic mass is 32.2. The molecule has 12 nitrogen and oxygen atoms in total. The van der Waals surface area contributed by atoms with Crippen molar-refractivity contribution in [3.8, 4) is 23.0 Å². The monoisotopic (exact) mass is 792 g/mol. The second kappa shape index (κ2) is 17.5. The number of hydrogen-bond donors (Lipinski definition) is 4. The van der Waals surface area contributed by atoms with Crippen molar-refractivity contribution in [1.82, 2.24) is 9.44 Å². The van der Waals surface area contributed by atoms with Crippen molar-refractivity contribution in [3.05, 3.63) is 118 Å². The van der Waals surface area contributed by atoms with E-state index in [1.807, 2.05) is 0 Å². The Hall–Kier alpha value is -5.56. The molecule has 0 fully saturated rings. The molecule has 4 aromatic rings. The van der Waals surface area contributed by atoms with Crippen LogP contribution in [0.4, 0.5) is 17.6 Å². The number of aliphatic carboxylic acids is 2. The van der Waals surface area contributed by atoms with Crippen LogP contribution >= 0.6 is 0 Å². The summed E-state index contributed by atoms with van der Waals surface area (Å²) in [5.74, 6) is -8.65. The largest absolute Gasteiger partial charge is 0.478 e. The van der Waals surface area contributed by atoms with Gasteiger partial charge in [0.15, 0.2) is 34.8 Å². The summed E-state index contributed by atoms with van der Waals surface area (Å²) < 4.78 is 124. The molecular formula is C36H32F4N2O10S2. The maximum atomic E-state index is 14.5. The van der Waals surface area contributed by atoms with Crippen LogP contribution < -0.4 is 18.9 Å². The zero-order valence-corrected chi connectivity index (χ0v) is 30.0. The third-order valence-corrected chi connectivity index (χ3v) is 10.3. The van der Waals surface area contributed by atoms with Gasteiger partial charge in [-0.15, -0.1) is 0 Å². The smallest absolute Gasteiger partial charge is 0.331 e. The number of nitrogens with one attached hydrogen (secondary N) is 2. The fourth-order valence-corrected chi connectivity index (χ4v) is 6.73. The van der Waals surface area contributed by atoms with E-state index in [9.17, 15) is 44.0 Å². The van der Waals surface area contributed by atoms with Gasteiger partial charge in [0.05, 0.1) is 9.79 Å². The van der Waals surface area contributed by atoms with Gasteiger partial charge in [0.2, 0.25) is 20.0 Å². The first-order valence-corrected chi connectivity index (χ1v) is 18.7. The fraction of sp³-hybridized carbons (Fsp3) is 0.167. The topological polar surface area (TPSA) is 185 Å². The zero-order valence-electron chi connectivity index (χ0n) is 28.4. The number of hydrogen-bond acceptors (Lipinski definition) is 8. The standard InChI is InChI=1S/C36H32F4N2O10S2/c1-21(35(43)44)15-23-17-29(37)33(30(38)18-23)51-25-5-9-27(10-6-25)53(47,48)41-13-3-4-14-42-54(49,50)28-11-7-26(8-12-28)52-34-31(39)19-24(20-32(34)40)16-22(2)36(45)46/h5-12,15-20,41-42H,3-4,13-14H2,1-2H3,(H,43,44)(H,45,46). The molecule has 54 heavy (non-hydrogen) atoms. The van der Waals surface area contributed by atoms with E-state index < -0.39 is 66.8 Å². The first kappa shape index (κ1) is 41.2. The van der Waals surface area contributed by atoms with Crippen LogP contribution in [0.5, 0.6) is 23.0 Å². The van der Waals surface area contributed by atoms with Crippen molar-refractivity contribution < 1.29 is 63.7 Å². The molecule has 0 aliphatic heterocycles. The van der Waals surface area contributed by atoms with Crippen molar-refractivity contribution in [3.63, 3.8) is 0 Å². The molecule has 0 unspecified atom stereocenters. The molecule has 0 aliphatic rings. The number of sulfonamides is 2. The molecule has 286 valence electrons. The number of halogens is 4. The Balaban J connectivity index is 1.25. The third kappa shape index (κ3) is 11.0. The quantitative estimate of drug-likeness (QED) is 0.0501. The highest BCUT2D eigenvalue weighted by Crippen LogP contribution is 2.31. The van der Waals surface area contributed by atoms with Crippen LogP contribution in [-0.2, 0) is 29.6 Å². The van der Waals surface area contributed by atoms with E-state index in [2.05, 4.69) is 9.44 Å². The average Bonchev–Trinajstić information content (AvgIpc) is 3.10. The minimum atomic E-state index is -4.02. The first-order valence-electron chi connectivity index (χ1n) is 15.7.